The zero-order valence-electron chi connectivity index (χ0n) is 9.58. The van der Waals surface area contributed by atoms with Gasteiger partial charge in [-0.25, -0.2) is 0 Å². The first-order valence-electron chi connectivity index (χ1n) is 6.20. The van der Waals surface area contributed by atoms with Crippen molar-refractivity contribution in [3.8, 4) is 0 Å². The van der Waals surface area contributed by atoms with Crippen molar-refractivity contribution in [1.29, 1.82) is 0 Å². The Kier molecular flexibility index (Phi) is 3.65. The average Bonchev–Trinajstić information content (AvgIpc) is 2.55. The largest absolute Gasteiger partial charge is 0.394 e. The van der Waals surface area contributed by atoms with E-state index < -0.39 is 0 Å². The highest BCUT2D eigenvalue weighted by Crippen LogP contribution is 2.39. The van der Waals surface area contributed by atoms with E-state index in [1.165, 1.54) is 25.7 Å². The van der Waals surface area contributed by atoms with E-state index in [1.54, 1.807) is 0 Å². The Hall–Kier alpha value is -0.120. The zero-order chi connectivity index (χ0) is 10.7. The van der Waals surface area contributed by atoms with Crippen molar-refractivity contribution in [3.05, 3.63) is 0 Å². The monoisotopic (exact) mass is 214 g/mol. The van der Waals surface area contributed by atoms with Crippen molar-refractivity contribution >= 4 is 0 Å². The molecule has 3 heteroatoms. The van der Waals surface area contributed by atoms with Crippen molar-refractivity contribution in [2.45, 2.75) is 57.3 Å². The molecule has 3 unspecified atom stereocenters. The van der Waals surface area contributed by atoms with Gasteiger partial charge in [0.2, 0.25) is 0 Å². The number of hydrogen-bond donors (Lipinski definition) is 1. The van der Waals surface area contributed by atoms with Gasteiger partial charge in [-0.15, -0.1) is 0 Å². The molecule has 15 heavy (non-hydrogen) atoms. The van der Waals surface area contributed by atoms with Crippen LogP contribution in [0.2, 0.25) is 0 Å². The quantitative estimate of drug-likeness (QED) is 0.765. The summed E-state index contributed by atoms with van der Waals surface area (Å²) in [6.45, 7) is 2.90. The number of ether oxygens (including phenoxy) is 2. The van der Waals surface area contributed by atoms with E-state index in [9.17, 15) is 0 Å². The van der Waals surface area contributed by atoms with Crippen LogP contribution in [0.3, 0.4) is 0 Å². The van der Waals surface area contributed by atoms with Crippen molar-refractivity contribution < 1.29 is 14.6 Å². The molecule has 1 saturated carbocycles. The first-order valence-corrected chi connectivity index (χ1v) is 6.20. The highest BCUT2D eigenvalue weighted by molar-refractivity contribution is 4.82. The van der Waals surface area contributed by atoms with E-state index in [4.69, 9.17) is 14.6 Å². The second-order valence-corrected chi connectivity index (χ2v) is 4.85. The van der Waals surface area contributed by atoms with Crippen LogP contribution in [0.1, 0.15) is 45.4 Å². The van der Waals surface area contributed by atoms with Crippen LogP contribution >= 0.6 is 0 Å². The predicted octanol–water partition coefficient (Wildman–Crippen LogP) is 2.08. The van der Waals surface area contributed by atoms with E-state index in [2.05, 4.69) is 6.92 Å². The maximum absolute atomic E-state index is 9.04. The minimum atomic E-state index is -0.350. The van der Waals surface area contributed by atoms with Crippen LogP contribution in [0.5, 0.6) is 0 Å². The molecule has 0 aromatic heterocycles. The zero-order valence-corrected chi connectivity index (χ0v) is 9.58. The summed E-state index contributed by atoms with van der Waals surface area (Å²) in [5.74, 6) is 0.488. The Morgan fingerprint density at radius 3 is 2.87 bits per heavy atom. The van der Waals surface area contributed by atoms with E-state index in [0.29, 0.717) is 6.61 Å². The standard InChI is InChI=1S/C12H22O3/c1-2-10-4-3-6-12(7-5-10)14-9-11(8-13)15-12/h10-11,13H,2-9H2,1H3. The topological polar surface area (TPSA) is 38.7 Å². The van der Waals surface area contributed by atoms with E-state index in [1.807, 2.05) is 0 Å². The maximum atomic E-state index is 9.04. The minimum absolute atomic E-state index is 0.0823. The predicted molar refractivity (Wildman–Crippen MR) is 57.5 cm³/mol. The molecule has 0 bridgehead atoms. The van der Waals surface area contributed by atoms with Gasteiger partial charge in [-0.05, 0) is 18.8 Å². The van der Waals surface area contributed by atoms with Crippen molar-refractivity contribution in [2.24, 2.45) is 5.92 Å². The van der Waals surface area contributed by atoms with Crippen LogP contribution in [0.15, 0.2) is 0 Å². The molecule has 1 heterocycles. The van der Waals surface area contributed by atoms with Gasteiger partial charge >= 0.3 is 0 Å². The van der Waals surface area contributed by atoms with Crippen LogP contribution in [0, 0.1) is 5.92 Å². The first kappa shape index (κ1) is 11.4. The lowest BCUT2D eigenvalue weighted by Gasteiger charge is -2.26. The molecule has 1 N–H and O–H groups in total. The smallest absolute Gasteiger partial charge is 0.169 e. The van der Waals surface area contributed by atoms with E-state index >= 15 is 0 Å². The maximum Gasteiger partial charge on any atom is 0.169 e. The fraction of sp³-hybridized carbons (Fsp3) is 1.00. The van der Waals surface area contributed by atoms with Gasteiger partial charge in [0.15, 0.2) is 5.79 Å². The number of hydrogen-bond acceptors (Lipinski definition) is 3. The summed E-state index contributed by atoms with van der Waals surface area (Å²) >= 11 is 0. The first-order chi connectivity index (χ1) is 7.28. The molecular weight excluding hydrogens is 192 g/mol. The summed E-state index contributed by atoms with van der Waals surface area (Å²) in [5.41, 5.74) is 0. The van der Waals surface area contributed by atoms with Crippen LogP contribution in [-0.4, -0.2) is 30.2 Å². The van der Waals surface area contributed by atoms with E-state index in [-0.39, 0.29) is 18.5 Å². The molecule has 0 aromatic rings. The van der Waals surface area contributed by atoms with Gasteiger partial charge < -0.3 is 14.6 Å². The fourth-order valence-electron chi connectivity index (χ4n) is 2.73. The highest BCUT2D eigenvalue weighted by Gasteiger charge is 2.42. The number of aliphatic hydroxyl groups excluding tert-OH is 1. The van der Waals surface area contributed by atoms with Gasteiger partial charge in [-0.2, -0.15) is 0 Å². The Bertz CT molecular complexity index is 203. The van der Waals surface area contributed by atoms with Crippen molar-refractivity contribution in [2.75, 3.05) is 13.2 Å². The van der Waals surface area contributed by atoms with Crippen LogP contribution < -0.4 is 0 Å². The number of rotatable bonds is 2. The molecule has 1 saturated heterocycles. The summed E-state index contributed by atoms with van der Waals surface area (Å²) in [5, 5.41) is 9.04. The summed E-state index contributed by atoms with van der Waals surface area (Å²) in [7, 11) is 0. The molecule has 1 aliphatic heterocycles. The molecule has 0 aromatic carbocycles. The van der Waals surface area contributed by atoms with Gasteiger partial charge in [0.25, 0.3) is 0 Å². The van der Waals surface area contributed by atoms with Gasteiger partial charge in [-0.3, -0.25) is 0 Å². The lowest BCUT2D eigenvalue weighted by Crippen LogP contribution is -2.30. The molecule has 2 aliphatic rings. The SMILES string of the molecule is CCC1CCCC2(CC1)OCC(CO)O2. The third-order valence-electron chi connectivity index (χ3n) is 3.80. The minimum Gasteiger partial charge on any atom is -0.394 e. The third-order valence-corrected chi connectivity index (χ3v) is 3.80. The van der Waals surface area contributed by atoms with Gasteiger partial charge in [-0.1, -0.05) is 19.8 Å². The third kappa shape index (κ3) is 2.52. The van der Waals surface area contributed by atoms with Gasteiger partial charge in [0.05, 0.1) is 13.2 Å². The Balaban J connectivity index is 1.92. The molecule has 2 fully saturated rings. The lowest BCUT2D eigenvalue weighted by atomic mass is 9.97. The van der Waals surface area contributed by atoms with Crippen LogP contribution in [0.25, 0.3) is 0 Å². The normalized spacial score (nSPS) is 42.0. The summed E-state index contributed by atoms with van der Waals surface area (Å²) in [6, 6.07) is 0. The Morgan fingerprint density at radius 1 is 1.33 bits per heavy atom. The molecule has 88 valence electrons. The van der Waals surface area contributed by atoms with Crippen molar-refractivity contribution in [3.63, 3.8) is 0 Å². The molecule has 0 amide bonds. The second-order valence-electron chi connectivity index (χ2n) is 4.85. The van der Waals surface area contributed by atoms with Crippen LogP contribution in [0.4, 0.5) is 0 Å². The molecule has 1 aliphatic carbocycles. The average molecular weight is 214 g/mol. The Labute approximate surface area is 91.8 Å². The van der Waals surface area contributed by atoms with Crippen LogP contribution in [-0.2, 0) is 9.47 Å². The second kappa shape index (κ2) is 4.81. The molecule has 0 radical (unpaired) electrons. The lowest BCUT2D eigenvalue weighted by molar-refractivity contribution is -0.179. The number of aliphatic hydroxyl groups is 1. The molecule has 2 rings (SSSR count). The summed E-state index contributed by atoms with van der Waals surface area (Å²) in [6.07, 6.45) is 6.87. The fourth-order valence-corrected chi connectivity index (χ4v) is 2.73. The molecule has 1 spiro atoms. The summed E-state index contributed by atoms with van der Waals surface area (Å²) < 4.78 is 11.6. The molecular formula is C12H22O3. The Morgan fingerprint density at radius 2 is 2.20 bits per heavy atom. The molecule has 3 atom stereocenters. The van der Waals surface area contributed by atoms with E-state index in [0.717, 1.165) is 18.8 Å². The van der Waals surface area contributed by atoms with Gasteiger partial charge in [0, 0.05) is 12.8 Å². The van der Waals surface area contributed by atoms with Gasteiger partial charge in [0.1, 0.15) is 6.10 Å². The highest BCUT2D eigenvalue weighted by atomic mass is 16.7. The van der Waals surface area contributed by atoms with Crippen molar-refractivity contribution in [1.82, 2.24) is 0 Å². The summed E-state index contributed by atoms with van der Waals surface area (Å²) in [4.78, 5) is 0. The molecule has 3 nitrogen and oxygen atoms in total.